The molecule has 19 heavy (non-hydrogen) atoms. The molecule has 0 unspecified atom stereocenters. The minimum atomic E-state index is -0.672. The predicted molar refractivity (Wildman–Crippen MR) is 74.9 cm³/mol. The van der Waals surface area contributed by atoms with Crippen LogP contribution in [0.1, 0.15) is 24.9 Å². The Morgan fingerprint density at radius 3 is 2.63 bits per heavy atom. The van der Waals surface area contributed by atoms with Crippen molar-refractivity contribution in [1.82, 2.24) is 0 Å². The van der Waals surface area contributed by atoms with Gasteiger partial charge in [0.1, 0.15) is 0 Å². The largest absolute Gasteiger partial charge is 0.500 e. The van der Waals surface area contributed by atoms with Crippen LogP contribution in [0.2, 0.25) is 0 Å². The van der Waals surface area contributed by atoms with Crippen LogP contribution in [0.15, 0.2) is 24.3 Å². The summed E-state index contributed by atoms with van der Waals surface area (Å²) in [5, 5.41) is 20.4. The van der Waals surface area contributed by atoms with Crippen LogP contribution in [0.4, 0.5) is 5.69 Å². The Morgan fingerprint density at radius 1 is 1.63 bits per heavy atom. The van der Waals surface area contributed by atoms with Crippen LogP contribution in [0, 0.1) is 10.1 Å². The van der Waals surface area contributed by atoms with Crippen molar-refractivity contribution >= 4 is 18.1 Å². The van der Waals surface area contributed by atoms with Crippen molar-refractivity contribution < 1.29 is 14.8 Å². The fraction of sp³-hybridized carbons (Fsp3) is 0.333. The highest BCUT2D eigenvalue weighted by Crippen LogP contribution is 2.38. The first-order valence-corrected chi connectivity index (χ1v) is 5.32. The van der Waals surface area contributed by atoms with Gasteiger partial charge < -0.3 is 15.6 Å². The van der Waals surface area contributed by atoms with Gasteiger partial charge in [-0.2, -0.15) is 0 Å². The number of aromatic hydroxyl groups is 1. The van der Waals surface area contributed by atoms with E-state index in [1.165, 1.54) is 19.2 Å². The van der Waals surface area contributed by atoms with Gasteiger partial charge in [0.2, 0.25) is 5.75 Å². The number of rotatable bonds is 5. The van der Waals surface area contributed by atoms with Crippen molar-refractivity contribution in [2.24, 2.45) is 5.73 Å². The first kappa shape index (κ1) is 17.2. The second-order valence-electron chi connectivity index (χ2n) is 4.12. The minimum absolute atomic E-state index is 0. The van der Waals surface area contributed by atoms with Crippen LogP contribution >= 0.6 is 12.4 Å². The zero-order chi connectivity index (χ0) is 13.9. The quantitative estimate of drug-likeness (QED) is 0.493. The third-order valence-corrected chi connectivity index (χ3v) is 2.49. The normalized spacial score (nSPS) is 11.3. The lowest BCUT2D eigenvalue weighted by Gasteiger charge is -2.14. The molecule has 0 amide bonds. The standard InChI is InChI=1S/C12H16N2O4.ClH/c1-7(2)4-9(13)8-5-10(14(16)17)12(15)11(6-8)18-3;/h5-6,9,15H,1,4,13H2,2-3H3;1H/t9-;/m1./s1. The monoisotopic (exact) mass is 288 g/mol. The van der Waals surface area contributed by atoms with Crippen molar-refractivity contribution in [2.75, 3.05) is 7.11 Å². The third-order valence-electron chi connectivity index (χ3n) is 2.49. The van der Waals surface area contributed by atoms with E-state index < -0.39 is 22.4 Å². The molecule has 106 valence electrons. The summed E-state index contributed by atoms with van der Waals surface area (Å²) in [5.74, 6) is -0.454. The minimum Gasteiger partial charge on any atom is -0.500 e. The molecule has 0 radical (unpaired) electrons. The zero-order valence-electron chi connectivity index (χ0n) is 10.8. The average Bonchev–Trinajstić information content (AvgIpc) is 2.27. The van der Waals surface area contributed by atoms with Crippen LogP contribution in [0.5, 0.6) is 11.5 Å². The Morgan fingerprint density at radius 2 is 2.21 bits per heavy atom. The molecule has 0 fully saturated rings. The number of methoxy groups -OCH3 is 1. The van der Waals surface area contributed by atoms with Gasteiger partial charge in [0.25, 0.3) is 0 Å². The van der Waals surface area contributed by atoms with Gasteiger partial charge in [-0.15, -0.1) is 19.0 Å². The summed E-state index contributed by atoms with van der Waals surface area (Å²) >= 11 is 0. The van der Waals surface area contributed by atoms with Crippen LogP contribution < -0.4 is 10.5 Å². The van der Waals surface area contributed by atoms with Crippen molar-refractivity contribution in [3.05, 3.63) is 40.0 Å². The Hall–Kier alpha value is -1.79. The van der Waals surface area contributed by atoms with Gasteiger partial charge in [-0.25, -0.2) is 0 Å². The SMILES string of the molecule is C=C(C)C[C@@H](N)c1cc(OC)c(O)c([N+](=O)[O-])c1.Cl. The smallest absolute Gasteiger partial charge is 0.314 e. The van der Waals surface area contributed by atoms with Gasteiger partial charge in [-0.3, -0.25) is 10.1 Å². The van der Waals surface area contributed by atoms with E-state index in [1.807, 2.05) is 6.92 Å². The lowest BCUT2D eigenvalue weighted by molar-refractivity contribution is -0.386. The molecule has 6 nitrogen and oxygen atoms in total. The van der Waals surface area contributed by atoms with Crippen LogP contribution in [-0.2, 0) is 0 Å². The number of nitro groups is 1. The van der Waals surface area contributed by atoms with Crippen LogP contribution in [0.3, 0.4) is 0 Å². The summed E-state index contributed by atoms with van der Waals surface area (Å²) < 4.78 is 4.90. The Kier molecular flexibility index (Phi) is 6.31. The second-order valence-corrected chi connectivity index (χ2v) is 4.12. The number of hydrogen-bond acceptors (Lipinski definition) is 5. The summed E-state index contributed by atoms with van der Waals surface area (Å²) in [4.78, 5) is 10.1. The van der Waals surface area contributed by atoms with Crippen molar-refractivity contribution in [2.45, 2.75) is 19.4 Å². The molecule has 1 aromatic carbocycles. The highest BCUT2D eigenvalue weighted by atomic mass is 35.5. The van der Waals surface area contributed by atoms with Crippen molar-refractivity contribution in [1.29, 1.82) is 0 Å². The predicted octanol–water partition coefficient (Wildman–Crippen LogP) is 2.70. The first-order valence-electron chi connectivity index (χ1n) is 5.32. The highest BCUT2D eigenvalue weighted by molar-refractivity contribution is 5.85. The molecule has 1 aromatic rings. The summed E-state index contributed by atoms with van der Waals surface area (Å²) in [6, 6.07) is 2.33. The van der Waals surface area contributed by atoms with Crippen molar-refractivity contribution in [3.8, 4) is 11.5 Å². The van der Waals surface area contributed by atoms with Gasteiger partial charge >= 0.3 is 5.69 Å². The molecule has 1 atom stereocenters. The average molecular weight is 289 g/mol. The highest BCUT2D eigenvalue weighted by Gasteiger charge is 2.21. The Balaban J connectivity index is 0.00000324. The van der Waals surface area contributed by atoms with E-state index in [4.69, 9.17) is 10.5 Å². The Bertz CT molecular complexity index is 491. The van der Waals surface area contributed by atoms with E-state index in [2.05, 4.69) is 6.58 Å². The molecule has 1 rings (SSSR count). The molecule has 0 aliphatic carbocycles. The molecule has 7 heteroatoms. The third kappa shape index (κ3) is 4.11. The van der Waals surface area contributed by atoms with Gasteiger partial charge in [-0.1, -0.05) is 5.57 Å². The maximum Gasteiger partial charge on any atom is 0.314 e. The second kappa shape index (κ2) is 6.96. The topological polar surface area (TPSA) is 98.6 Å². The summed E-state index contributed by atoms with van der Waals surface area (Å²) in [7, 11) is 1.33. The van der Waals surface area contributed by atoms with Gasteiger partial charge in [0.05, 0.1) is 12.0 Å². The molecular weight excluding hydrogens is 272 g/mol. The number of nitrogens with two attached hydrogens (primary N) is 1. The summed E-state index contributed by atoms with van der Waals surface area (Å²) in [6.07, 6.45) is 0.505. The lowest BCUT2D eigenvalue weighted by atomic mass is 10.00. The van der Waals surface area contributed by atoms with E-state index in [0.717, 1.165) is 5.57 Å². The van der Waals surface area contributed by atoms with Crippen molar-refractivity contribution in [3.63, 3.8) is 0 Å². The fourth-order valence-electron chi connectivity index (χ4n) is 1.62. The number of phenols is 1. The number of nitrogens with zero attached hydrogens (tertiary/aromatic N) is 1. The van der Waals surface area contributed by atoms with Gasteiger partial charge in [0.15, 0.2) is 5.75 Å². The number of halogens is 1. The molecule has 3 N–H and O–H groups in total. The molecule has 0 aliphatic rings. The number of ether oxygens (including phenoxy) is 1. The number of nitro benzene ring substituents is 1. The lowest BCUT2D eigenvalue weighted by Crippen LogP contribution is -2.11. The fourth-order valence-corrected chi connectivity index (χ4v) is 1.62. The summed E-state index contributed by atoms with van der Waals surface area (Å²) in [5.41, 5.74) is 6.90. The zero-order valence-corrected chi connectivity index (χ0v) is 11.6. The molecular formula is C12H17ClN2O4. The molecule has 0 saturated carbocycles. The molecule has 0 spiro atoms. The summed E-state index contributed by atoms with van der Waals surface area (Å²) in [6.45, 7) is 5.57. The van der Waals surface area contributed by atoms with Crippen LogP contribution in [0.25, 0.3) is 0 Å². The van der Waals surface area contributed by atoms with Crippen LogP contribution in [-0.4, -0.2) is 17.1 Å². The number of phenolic OH excluding ortho intramolecular Hbond substituents is 1. The molecule has 0 heterocycles. The van der Waals surface area contributed by atoms with E-state index >= 15 is 0 Å². The number of benzene rings is 1. The number of hydrogen-bond donors (Lipinski definition) is 2. The molecule has 0 aromatic heterocycles. The molecule has 0 aliphatic heterocycles. The Labute approximate surface area is 117 Å². The first-order chi connectivity index (χ1) is 8.36. The van der Waals surface area contributed by atoms with E-state index in [9.17, 15) is 15.2 Å². The van der Waals surface area contributed by atoms with E-state index in [1.54, 1.807) is 0 Å². The van der Waals surface area contributed by atoms with Gasteiger partial charge in [0, 0.05) is 12.1 Å². The molecule has 0 bridgehead atoms. The molecule has 0 saturated heterocycles. The van der Waals surface area contributed by atoms with E-state index in [-0.39, 0.29) is 18.2 Å². The maximum atomic E-state index is 10.8. The maximum absolute atomic E-state index is 10.8. The van der Waals surface area contributed by atoms with Gasteiger partial charge in [-0.05, 0) is 25.0 Å². The van der Waals surface area contributed by atoms with E-state index in [0.29, 0.717) is 12.0 Å².